The zero-order valence-electron chi connectivity index (χ0n) is 15.7. The van der Waals surface area contributed by atoms with Gasteiger partial charge >= 0.3 is 0 Å². The van der Waals surface area contributed by atoms with Crippen LogP contribution in [0.2, 0.25) is 0 Å². The first-order valence-corrected chi connectivity index (χ1v) is 9.03. The lowest BCUT2D eigenvalue weighted by atomic mass is 10.1. The monoisotopic (exact) mass is 340 g/mol. The van der Waals surface area contributed by atoms with E-state index in [2.05, 4.69) is 24.1 Å². The molecule has 1 aliphatic carbocycles. The van der Waals surface area contributed by atoms with E-state index < -0.39 is 0 Å². The summed E-state index contributed by atoms with van der Waals surface area (Å²) in [7, 11) is 0. The highest BCUT2D eigenvalue weighted by atomic mass is 16.1. The minimum atomic E-state index is -0.0944. The summed E-state index contributed by atoms with van der Waals surface area (Å²) in [6.45, 7) is 9.68. The van der Waals surface area contributed by atoms with Gasteiger partial charge in [0.25, 0.3) is 5.91 Å². The first-order valence-electron chi connectivity index (χ1n) is 9.03. The number of benzene rings is 1. The van der Waals surface area contributed by atoms with Crippen LogP contribution >= 0.6 is 0 Å². The average molecular weight is 340 g/mol. The summed E-state index contributed by atoms with van der Waals surface area (Å²) >= 11 is 0. The number of nitrogens with one attached hydrogen (secondary N) is 1. The van der Waals surface area contributed by atoms with Crippen molar-refractivity contribution in [3.63, 3.8) is 0 Å². The third-order valence-corrected chi connectivity index (χ3v) is 4.31. The number of carbonyl (C=O) groups is 2. The Morgan fingerprint density at radius 2 is 1.80 bits per heavy atom. The zero-order valence-corrected chi connectivity index (χ0v) is 15.7. The van der Waals surface area contributed by atoms with Crippen LogP contribution in [0.25, 0.3) is 0 Å². The summed E-state index contributed by atoms with van der Waals surface area (Å²) in [5, 5.41) is 3.03. The van der Waals surface area contributed by atoms with Gasteiger partial charge in [0.2, 0.25) is 0 Å². The van der Waals surface area contributed by atoms with Crippen molar-refractivity contribution in [2.45, 2.75) is 47.0 Å². The van der Waals surface area contributed by atoms with E-state index in [-0.39, 0.29) is 11.7 Å². The molecular formula is C21H28N2O2. The summed E-state index contributed by atoms with van der Waals surface area (Å²) in [4.78, 5) is 26.7. The number of anilines is 2. The third kappa shape index (κ3) is 4.81. The lowest BCUT2D eigenvalue weighted by molar-refractivity contribution is -0.112. The minimum absolute atomic E-state index is 0.00262. The van der Waals surface area contributed by atoms with Crippen LogP contribution in [-0.4, -0.2) is 24.8 Å². The standard InChI is InChI=1S/C21H28N2O2/c1-5-11-23(12-6-2)20-10-9-17(16(4)24)14-19(20)22-21(25)18-8-7-15(3)13-18/h7-10,14H,5-6,11-13H2,1-4H3,(H,22,25). The zero-order chi connectivity index (χ0) is 18.4. The molecule has 0 saturated carbocycles. The van der Waals surface area contributed by atoms with Crippen LogP contribution in [0.4, 0.5) is 11.4 Å². The van der Waals surface area contributed by atoms with E-state index in [1.807, 2.05) is 31.2 Å². The molecule has 0 radical (unpaired) electrons. The van der Waals surface area contributed by atoms with E-state index in [1.54, 1.807) is 13.0 Å². The van der Waals surface area contributed by atoms with E-state index >= 15 is 0 Å². The molecule has 0 spiro atoms. The highest BCUT2D eigenvalue weighted by Crippen LogP contribution is 2.29. The fourth-order valence-corrected chi connectivity index (χ4v) is 3.04. The van der Waals surface area contributed by atoms with Gasteiger partial charge in [-0.1, -0.05) is 31.6 Å². The number of carbonyl (C=O) groups excluding carboxylic acids is 2. The smallest absolute Gasteiger partial charge is 0.251 e. The Morgan fingerprint density at radius 1 is 1.12 bits per heavy atom. The molecule has 134 valence electrons. The topological polar surface area (TPSA) is 49.4 Å². The highest BCUT2D eigenvalue weighted by Gasteiger charge is 2.18. The van der Waals surface area contributed by atoms with Crippen molar-refractivity contribution in [2.75, 3.05) is 23.3 Å². The van der Waals surface area contributed by atoms with Crippen molar-refractivity contribution in [2.24, 2.45) is 0 Å². The summed E-state index contributed by atoms with van der Waals surface area (Å²) in [5.41, 5.74) is 4.24. The molecule has 1 aromatic rings. The molecule has 1 aliphatic rings. The number of hydrogen-bond donors (Lipinski definition) is 1. The Labute approximate surface area is 150 Å². The molecule has 0 heterocycles. The Balaban J connectivity index is 2.33. The minimum Gasteiger partial charge on any atom is -0.370 e. The van der Waals surface area contributed by atoms with Crippen LogP contribution in [0, 0.1) is 0 Å². The number of allylic oxidation sites excluding steroid dienone is 3. The Hall–Kier alpha value is -2.36. The Kier molecular flexibility index (Phi) is 6.57. The fourth-order valence-electron chi connectivity index (χ4n) is 3.04. The maximum atomic E-state index is 12.6. The molecule has 2 rings (SSSR count). The van der Waals surface area contributed by atoms with E-state index in [0.717, 1.165) is 37.2 Å². The van der Waals surface area contributed by atoms with E-state index in [0.29, 0.717) is 17.7 Å². The van der Waals surface area contributed by atoms with Gasteiger partial charge in [-0.2, -0.15) is 0 Å². The average Bonchev–Trinajstić information content (AvgIpc) is 3.01. The quantitative estimate of drug-likeness (QED) is 0.696. The van der Waals surface area contributed by atoms with E-state index in [1.165, 1.54) is 5.57 Å². The normalized spacial score (nSPS) is 13.3. The van der Waals surface area contributed by atoms with Crippen molar-refractivity contribution >= 4 is 23.1 Å². The molecule has 0 fully saturated rings. The van der Waals surface area contributed by atoms with Gasteiger partial charge in [-0.15, -0.1) is 0 Å². The summed E-state index contributed by atoms with van der Waals surface area (Å²) in [6.07, 6.45) is 6.57. The third-order valence-electron chi connectivity index (χ3n) is 4.31. The largest absolute Gasteiger partial charge is 0.370 e. The molecule has 4 nitrogen and oxygen atoms in total. The molecule has 0 unspecified atom stereocenters. The van der Waals surface area contributed by atoms with Gasteiger partial charge in [-0.05, 0) is 51.3 Å². The number of amides is 1. The first-order chi connectivity index (χ1) is 12.0. The Morgan fingerprint density at radius 3 is 2.32 bits per heavy atom. The number of rotatable bonds is 8. The predicted molar refractivity (Wildman–Crippen MR) is 104 cm³/mol. The number of nitrogens with zero attached hydrogens (tertiary/aromatic N) is 1. The second-order valence-corrected chi connectivity index (χ2v) is 6.61. The van der Waals surface area contributed by atoms with E-state index in [9.17, 15) is 9.59 Å². The fraction of sp³-hybridized carbons (Fsp3) is 0.429. The van der Waals surface area contributed by atoms with Crippen LogP contribution in [0.1, 0.15) is 57.3 Å². The highest BCUT2D eigenvalue weighted by molar-refractivity contribution is 6.07. The molecule has 0 aromatic heterocycles. The Bertz CT molecular complexity index is 711. The molecule has 1 amide bonds. The van der Waals surface area contributed by atoms with Gasteiger partial charge in [0.15, 0.2) is 5.78 Å². The SMILES string of the molecule is CCCN(CCC)c1ccc(C(C)=O)cc1NC(=O)C1=CC=C(C)C1. The molecule has 0 atom stereocenters. The van der Waals surface area contributed by atoms with Crippen molar-refractivity contribution in [1.82, 2.24) is 0 Å². The molecule has 0 bridgehead atoms. The molecule has 4 heteroatoms. The molecule has 25 heavy (non-hydrogen) atoms. The first kappa shape index (κ1) is 19.0. The van der Waals surface area contributed by atoms with Gasteiger partial charge in [0, 0.05) is 24.2 Å². The number of ketones is 1. The van der Waals surface area contributed by atoms with Crippen molar-refractivity contribution < 1.29 is 9.59 Å². The maximum Gasteiger partial charge on any atom is 0.251 e. The predicted octanol–water partition coefficient (Wildman–Crippen LogP) is 4.73. The molecule has 0 aliphatic heterocycles. The molecule has 1 aromatic carbocycles. The van der Waals surface area contributed by atoms with Crippen molar-refractivity contribution in [1.29, 1.82) is 0 Å². The molecule has 0 saturated heterocycles. The van der Waals surface area contributed by atoms with Crippen LogP contribution < -0.4 is 10.2 Å². The second-order valence-electron chi connectivity index (χ2n) is 6.61. The lowest BCUT2D eigenvalue weighted by Gasteiger charge is -2.27. The lowest BCUT2D eigenvalue weighted by Crippen LogP contribution is -2.27. The molecular weight excluding hydrogens is 312 g/mol. The summed E-state index contributed by atoms with van der Waals surface area (Å²) in [6, 6.07) is 5.58. The van der Waals surface area contributed by atoms with Gasteiger partial charge in [0.05, 0.1) is 11.4 Å². The van der Waals surface area contributed by atoms with Crippen LogP contribution in [0.3, 0.4) is 0 Å². The second kappa shape index (κ2) is 8.65. The van der Waals surface area contributed by atoms with Crippen LogP contribution in [0.5, 0.6) is 0 Å². The van der Waals surface area contributed by atoms with Crippen molar-refractivity contribution in [3.8, 4) is 0 Å². The summed E-state index contributed by atoms with van der Waals surface area (Å²) in [5.74, 6) is -0.0971. The van der Waals surface area contributed by atoms with Gasteiger partial charge in [0.1, 0.15) is 0 Å². The summed E-state index contributed by atoms with van der Waals surface area (Å²) < 4.78 is 0. The van der Waals surface area contributed by atoms with Gasteiger partial charge in [-0.25, -0.2) is 0 Å². The van der Waals surface area contributed by atoms with Crippen LogP contribution in [-0.2, 0) is 4.79 Å². The van der Waals surface area contributed by atoms with Crippen molar-refractivity contribution in [3.05, 3.63) is 47.1 Å². The van der Waals surface area contributed by atoms with Gasteiger partial charge < -0.3 is 10.2 Å². The maximum absolute atomic E-state index is 12.6. The molecule has 1 N–H and O–H groups in total. The number of hydrogen-bond acceptors (Lipinski definition) is 3. The van der Waals surface area contributed by atoms with Gasteiger partial charge in [-0.3, -0.25) is 9.59 Å². The van der Waals surface area contributed by atoms with Crippen LogP contribution in [0.15, 0.2) is 41.5 Å². The number of Topliss-reactive ketones (excluding diaryl/α,β-unsaturated/α-hetero) is 1. The van der Waals surface area contributed by atoms with E-state index in [4.69, 9.17) is 0 Å².